The maximum absolute atomic E-state index is 12.4. The van der Waals surface area contributed by atoms with Crippen LogP contribution in [-0.4, -0.2) is 14.3 Å². The van der Waals surface area contributed by atoms with Gasteiger partial charge < -0.3 is 5.32 Å². The molecule has 1 amide bonds. The molecule has 0 unspecified atom stereocenters. The van der Waals surface area contributed by atoms with E-state index < -0.39 is 10.0 Å². The fourth-order valence-corrected chi connectivity index (χ4v) is 3.59. The van der Waals surface area contributed by atoms with Crippen LogP contribution in [0.1, 0.15) is 21.5 Å². The summed E-state index contributed by atoms with van der Waals surface area (Å²) < 4.78 is 27.4. The van der Waals surface area contributed by atoms with Crippen LogP contribution in [0.4, 0.5) is 11.4 Å². The molecule has 0 bridgehead atoms. The molecule has 3 rings (SSSR count). The van der Waals surface area contributed by atoms with E-state index >= 15 is 0 Å². The van der Waals surface area contributed by atoms with Crippen molar-refractivity contribution in [2.45, 2.75) is 18.7 Å². The second kappa shape index (κ2) is 7.63. The van der Waals surface area contributed by atoms with Crippen LogP contribution in [0.15, 0.2) is 77.7 Å². The molecule has 0 atom stereocenters. The first-order chi connectivity index (χ1) is 12.8. The van der Waals surface area contributed by atoms with Crippen molar-refractivity contribution in [2.24, 2.45) is 0 Å². The van der Waals surface area contributed by atoms with Crippen LogP contribution in [0.5, 0.6) is 0 Å². The third-order valence-electron chi connectivity index (χ3n) is 4.22. The van der Waals surface area contributed by atoms with Gasteiger partial charge in [-0.3, -0.25) is 9.52 Å². The molecule has 0 aliphatic heterocycles. The molecule has 0 aliphatic rings. The van der Waals surface area contributed by atoms with E-state index in [0.717, 1.165) is 11.1 Å². The maximum atomic E-state index is 12.4. The number of amides is 1. The highest BCUT2D eigenvalue weighted by molar-refractivity contribution is 7.92. The Balaban J connectivity index is 1.74. The second-order valence-corrected chi connectivity index (χ2v) is 7.93. The topological polar surface area (TPSA) is 75.3 Å². The Morgan fingerprint density at radius 3 is 2.07 bits per heavy atom. The van der Waals surface area contributed by atoms with Crippen molar-refractivity contribution >= 4 is 27.3 Å². The van der Waals surface area contributed by atoms with Crippen molar-refractivity contribution < 1.29 is 13.2 Å². The standard InChI is InChI=1S/C21H20N2O3S/c1-15-8-11-19(14-16(15)2)22-21(24)17-9-12-20(13-10-17)27(25,26)23-18-6-4-3-5-7-18/h3-14,23H,1-2H3,(H,22,24). The fraction of sp³-hybridized carbons (Fsp3) is 0.0952. The van der Waals surface area contributed by atoms with Crippen LogP contribution >= 0.6 is 0 Å². The number of para-hydroxylation sites is 1. The van der Waals surface area contributed by atoms with Crippen LogP contribution in [0.2, 0.25) is 0 Å². The lowest BCUT2D eigenvalue weighted by Crippen LogP contribution is -2.15. The van der Waals surface area contributed by atoms with Gasteiger partial charge in [-0.1, -0.05) is 24.3 Å². The highest BCUT2D eigenvalue weighted by Gasteiger charge is 2.15. The van der Waals surface area contributed by atoms with Crippen molar-refractivity contribution in [1.29, 1.82) is 0 Å². The smallest absolute Gasteiger partial charge is 0.261 e. The van der Waals surface area contributed by atoms with Crippen LogP contribution < -0.4 is 10.0 Å². The number of carbonyl (C=O) groups is 1. The Bertz CT molecular complexity index is 1060. The van der Waals surface area contributed by atoms with Crippen molar-refractivity contribution in [2.75, 3.05) is 10.0 Å². The summed E-state index contributed by atoms with van der Waals surface area (Å²) in [6.07, 6.45) is 0. The molecule has 0 fully saturated rings. The van der Waals surface area contributed by atoms with Crippen molar-refractivity contribution in [1.82, 2.24) is 0 Å². The predicted molar refractivity (Wildman–Crippen MR) is 108 cm³/mol. The lowest BCUT2D eigenvalue weighted by atomic mass is 10.1. The van der Waals surface area contributed by atoms with Gasteiger partial charge in [0.15, 0.2) is 0 Å². The number of rotatable bonds is 5. The third kappa shape index (κ3) is 4.54. The molecular formula is C21H20N2O3S. The lowest BCUT2D eigenvalue weighted by molar-refractivity contribution is 0.102. The van der Waals surface area contributed by atoms with E-state index in [2.05, 4.69) is 10.0 Å². The zero-order valence-corrected chi connectivity index (χ0v) is 15.9. The number of nitrogens with one attached hydrogen (secondary N) is 2. The minimum atomic E-state index is -3.71. The molecule has 5 nitrogen and oxygen atoms in total. The van der Waals surface area contributed by atoms with Crippen molar-refractivity contribution in [3.8, 4) is 0 Å². The van der Waals surface area contributed by atoms with E-state index in [0.29, 0.717) is 16.9 Å². The Kier molecular flexibility index (Phi) is 5.28. The number of sulfonamides is 1. The van der Waals surface area contributed by atoms with E-state index in [-0.39, 0.29) is 10.8 Å². The summed E-state index contributed by atoms with van der Waals surface area (Å²) in [4.78, 5) is 12.5. The largest absolute Gasteiger partial charge is 0.322 e. The third-order valence-corrected chi connectivity index (χ3v) is 5.61. The molecule has 0 aromatic heterocycles. The number of aryl methyl sites for hydroxylation is 2. The number of hydrogen-bond donors (Lipinski definition) is 2. The highest BCUT2D eigenvalue weighted by Crippen LogP contribution is 2.18. The molecule has 2 N–H and O–H groups in total. The molecule has 0 saturated carbocycles. The Labute approximate surface area is 159 Å². The molecular weight excluding hydrogens is 360 g/mol. The maximum Gasteiger partial charge on any atom is 0.261 e. The molecule has 6 heteroatoms. The second-order valence-electron chi connectivity index (χ2n) is 6.25. The summed E-state index contributed by atoms with van der Waals surface area (Å²) in [5, 5.41) is 2.82. The molecule has 0 saturated heterocycles. The first kappa shape index (κ1) is 18.7. The number of anilines is 2. The molecule has 0 radical (unpaired) electrons. The summed E-state index contributed by atoms with van der Waals surface area (Å²) in [7, 11) is -3.71. The van der Waals surface area contributed by atoms with Crippen LogP contribution in [0, 0.1) is 13.8 Å². The van der Waals surface area contributed by atoms with E-state index in [1.807, 2.05) is 32.0 Å². The molecule has 3 aromatic carbocycles. The minimum Gasteiger partial charge on any atom is -0.322 e. The van der Waals surface area contributed by atoms with Gasteiger partial charge in [0.1, 0.15) is 0 Å². The normalized spacial score (nSPS) is 11.0. The zero-order chi connectivity index (χ0) is 19.4. The van der Waals surface area contributed by atoms with Gasteiger partial charge >= 0.3 is 0 Å². The molecule has 0 heterocycles. The van der Waals surface area contributed by atoms with Crippen LogP contribution in [0.25, 0.3) is 0 Å². The Hall–Kier alpha value is -3.12. The first-order valence-corrected chi connectivity index (χ1v) is 9.90. The van der Waals surface area contributed by atoms with E-state index in [4.69, 9.17) is 0 Å². The number of carbonyl (C=O) groups excluding carboxylic acids is 1. The fourth-order valence-electron chi connectivity index (χ4n) is 2.53. The van der Waals surface area contributed by atoms with Gasteiger partial charge in [0.05, 0.1) is 4.90 Å². The molecule has 0 spiro atoms. The number of benzene rings is 3. The molecule has 3 aromatic rings. The summed E-state index contributed by atoms with van der Waals surface area (Å²) in [5.41, 5.74) is 3.79. The minimum absolute atomic E-state index is 0.0917. The lowest BCUT2D eigenvalue weighted by Gasteiger charge is -2.10. The Morgan fingerprint density at radius 2 is 1.44 bits per heavy atom. The van der Waals surface area contributed by atoms with Crippen LogP contribution in [0.3, 0.4) is 0 Å². The monoisotopic (exact) mass is 380 g/mol. The van der Waals surface area contributed by atoms with Gasteiger partial charge in [0.25, 0.3) is 15.9 Å². The quantitative estimate of drug-likeness (QED) is 0.691. The van der Waals surface area contributed by atoms with E-state index in [1.54, 1.807) is 30.3 Å². The van der Waals surface area contributed by atoms with Crippen molar-refractivity contribution in [3.05, 3.63) is 89.5 Å². The van der Waals surface area contributed by atoms with Gasteiger partial charge in [-0.2, -0.15) is 0 Å². The predicted octanol–water partition coefficient (Wildman–Crippen LogP) is 4.36. The summed E-state index contributed by atoms with van der Waals surface area (Å²) in [5.74, 6) is -0.293. The molecule has 27 heavy (non-hydrogen) atoms. The van der Waals surface area contributed by atoms with E-state index in [9.17, 15) is 13.2 Å². The van der Waals surface area contributed by atoms with E-state index in [1.165, 1.54) is 24.3 Å². The molecule has 138 valence electrons. The highest BCUT2D eigenvalue weighted by atomic mass is 32.2. The van der Waals surface area contributed by atoms with Gasteiger partial charge in [-0.15, -0.1) is 0 Å². The average Bonchev–Trinajstić information content (AvgIpc) is 2.65. The molecule has 0 aliphatic carbocycles. The van der Waals surface area contributed by atoms with Crippen molar-refractivity contribution in [3.63, 3.8) is 0 Å². The zero-order valence-electron chi connectivity index (χ0n) is 15.1. The van der Waals surface area contributed by atoms with Crippen LogP contribution in [-0.2, 0) is 10.0 Å². The van der Waals surface area contributed by atoms with Gasteiger partial charge in [0, 0.05) is 16.9 Å². The van der Waals surface area contributed by atoms with Gasteiger partial charge in [-0.25, -0.2) is 8.42 Å². The number of hydrogen-bond acceptors (Lipinski definition) is 3. The summed E-state index contributed by atoms with van der Waals surface area (Å²) in [6.45, 7) is 3.98. The summed E-state index contributed by atoms with van der Waals surface area (Å²) in [6, 6.07) is 20.1. The average molecular weight is 380 g/mol. The Morgan fingerprint density at radius 1 is 0.778 bits per heavy atom. The van der Waals surface area contributed by atoms with Gasteiger partial charge in [0.2, 0.25) is 0 Å². The van der Waals surface area contributed by atoms with Gasteiger partial charge in [-0.05, 0) is 73.5 Å². The SMILES string of the molecule is Cc1ccc(NC(=O)c2ccc(S(=O)(=O)Nc3ccccc3)cc2)cc1C. The summed E-state index contributed by atoms with van der Waals surface area (Å²) >= 11 is 0. The first-order valence-electron chi connectivity index (χ1n) is 8.42.